The molecule has 0 radical (unpaired) electrons. The van der Waals surface area contributed by atoms with Gasteiger partial charge in [-0.1, -0.05) is 6.92 Å². The predicted molar refractivity (Wildman–Crippen MR) is 78.3 cm³/mol. The van der Waals surface area contributed by atoms with E-state index in [9.17, 15) is 8.78 Å². The van der Waals surface area contributed by atoms with Crippen molar-refractivity contribution in [1.82, 2.24) is 10.2 Å². The average Bonchev–Trinajstić information content (AvgIpc) is 2.36. The maximum Gasteiger partial charge on any atom is 0.128 e. The topological polar surface area (TPSA) is 15.3 Å². The molecule has 1 aliphatic rings. The first-order valence-corrected chi connectivity index (χ1v) is 6.12. The van der Waals surface area contributed by atoms with Crippen LogP contribution in [0, 0.1) is 11.6 Å². The van der Waals surface area contributed by atoms with Gasteiger partial charge < -0.3 is 5.32 Å². The molecule has 0 bridgehead atoms. The molecule has 0 unspecified atom stereocenters. The predicted octanol–water partition coefficient (Wildman–Crippen LogP) is 3.16. The zero-order valence-electron chi connectivity index (χ0n) is 10.9. The second-order valence-electron chi connectivity index (χ2n) is 4.38. The van der Waals surface area contributed by atoms with Crippen molar-refractivity contribution in [2.75, 3.05) is 26.2 Å². The van der Waals surface area contributed by atoms with E-state index in [2.05, 4.69) is 10.2 Å². The van der Waals surface area contributed by atoms with Crippen molar-refractivity contribution in [3.8, 4) is 0 Å². The van der Waals surface area contributed by atoms with E-state index in [1.165, 1.54) is 18.2 Å². The summed E-state index contributed by atoms with van der Waals surface area (Å²) in [7, 11) is 0. The Morgan fingerprint density at radius 2 is 1.84 bits per heavy atom. The Bertz CT molecular complexity index is 385. The molecule has 2 nitrogen and oxygen atoms in total. The first-order chi connectivity index (χ1) is 8.22. The van der Waals surface area contributed by atoms with Crippen LogP contribution < -0.4 is 5.32 Å². The molecule has 0 saturated carbocycles. The molecule has 1 saturated heterocycles. The Morgan fingerprint density at radius 3 is 2.42 bits per heavy atom. The highest BCUT2D eigenvalue weighted by atomic mass is 35.5. The van der Waals surface area contributed by atoms with Gasteiger partial charge in [-0.2, -0.15) is 0 Å². The van der Waals surface area contributed by atoms with Crippen LogP contribution in [0.5, 0.6) is 0 Å². The number of hydrogen-bond donors (Lipinski definition) is 1. The number of nitrogens with one attached hydrogen (secondary N) is 1. The Hall–Kier alpha value is -0.420. The van der Waals surface area contributed by atoms with Gasteiger partial charge in [-0.05, 0) is 24.6 Å². The zero-order chi connectivity index (χ0) is 12.3. The largest absolute Gasteiger partial charge is 0.314 e. The molecule has 1 N–H and O–H groups in total. The van der Waals surface area contributed by atoms with Crippen molar-refractivity contribution >= 4 is 24.8 Å². The van der Waals surface area contributed by atoms with Gasteiger partial charge in [0.2, 0.25) is 0 Å². The van der Waals surface area contributed by atoms with E-state index >= 15 is 0 Å². The molecule has 0 aliphatic carbocycles. The molecule has 110 valence electrons. The van der Waals surface area contributed by atoms with Gasteiger partial charge in [-0.3, -0.25) is 4.90 Å². The number of halogens is 4. The van der Waals surface area contributed by atoms with E-state index in [-0.39, 0.29) is 42.5 Å². The monoisotopic (exact) mass is 312 g/mol. The average molecular weight is 313 g/mol. The zero-order valence-corrected chi connectivity index (χ0v) is 12.5. The second-order valence-corrected chi connectivity index (χ2v) is 4.38. The first-order valence-electron chi connectivity index (χ1n) is 6.12. The maximum absolute atomic E-state index is 13.8. The summed E-state index contributed by atoms with van der Waals surface area (Å²) in [6, 6.07) is 3.69. The molecule has 1 aliphatic heterocycles. The summed E-state index contributed by atoms with van der Waals surface area (Å²) in [6.07, 6.45) is 0.792. The smallest absolute Gasteiger partial charge is 0.128 e. The van der Waals surface area contributed by atoms with Crippen LogP contribution in [0.2, 0.25) is 0 Å². The van der Waals surface area contributed by atoms with Gasteiger partial charge in [0.15, 0.2) is 0 Å². The third-order valence-corrected chi connectivity index (χ3v) is 3.30. The van der Waals surface area contributed by atoms with Crippen LogP contribution in [0.3, 0.4) is 0 Å². The quantitative estimate of drug-likeness (QED) is 0.922. The van der Waals surface area contributed by atoms with Crippen LogP contribution in [0.4, 0.5) is 8.78 Å². The molecule has 0 spiro atoms. The molecule has 1 aromatic rings. The van der Waals surface area contributed by atoms with E-state index < -0.39 is 0 Å². The molecule has 1 fully saturated rings. The molecule has 0 amide bonds. The normalized spacial score (nSPS) is 17.2. The first kappa shape index (κ1) is 18.6. The van der Waals surface area contributed by atoms with E-state index in [1.54, 1.807) is 0 Å². The van der Waals surface area contributed by atoms with Gasteiger partial charge in [-0.15, -0.1) is 24.8 Å². The van der Waals surface area contributed by atoms with Crippen LogP contribution in [-0.2, 0) is 0 Å². The standard InChI is InChI=1S/C13H18F2N2.2ClH/c1-2-13(17-7-5-16-6-8-17)11-9-10(14)3-4-12(11)15;;/h3-4,9,13,16H,2,5-8H2,1H3;2*1H/t13-;;/m0../s1. The van der Waals surface area contributed by atoms with Crippen LogP contribution in [-0.4, -0.2) is 31.1 Å². The van der Waals surface area contributed by atoms with Crippen LogP contribution in [0.1, 0.15) is 24.9 Å². The Kier molecular flexibility index (Phi) is 8.50. The fourth-order valence-corrected chi connectivity index (χ4v) is 2.44. The van der Waals surface area contributed by atoms with Crippen molar-refractivity contribution in [2.45, 2.75) is 19.4 Å². The number of piperazine rings is 1. The van der Waals surface area contributed by atoms with Crippen molar-refractivity contribution < 1.29 is 8.78 Å². The molecule has 0 aromatic heterocycles. The fraction of sp³-hybridized carbons (Fsp3) is 0.538. The minimum Gasteiger partial charge on any atom is -0.314 e. The van der Waals surface area contributed by atoms with Gasteiger partial charge in [0.1, 0.15) is 11.6 Å². The fourth-order valence-electron chi connectivity index (χ4n) is 2.44. The highest BCUT2D eigenvalue weighted by Crippen LogP contribution is 2.27. The van der Waals surface area contributed by atoms with Crippen molar-refractivity contribution in [3.63, 3.8) is 0 Å². The summed E-state index contributed by atoms with van der Waals surface area (Å²) in [4.78, 5) is 2.22. The van der Waals surface area contributed by atoms with Crippen LogP contribution >= 0.6 is 24.8 Å². The molecule has 2 rings (SSSR count). The van der Waals surface area contributed by atoms with E-state index in [0.717, 1.165) is 32.6 Å². The molecule has 1 atom stereocenters. The third-order valence-electron chi connectivity index (χ3n) is 3.30. The molecule has 1 heterocycles. The lowest BCUT2D eigenvalue weighted by molar-refractivity contribution is 0.166. The maximum atomic E-state index is 13.8. The lowest BCUT2D eigenvalue weighted by atomic mass is 10.0. The van der Waals surface area contributed by atoms with E-state index in [0.29, 0.717) is 5.56 Å². The molecule has 19 heavy (non-hydrogen) atoms. The molecular formula is C13H20Cl2F2N2. The lowest BCUT2D eigenvalue weighted by Crippen LogP contribution is -2.45. The number of nitrogens with zero attached hydrogens (tertiary/aromatic N) is 1. The van der Waals surface area contributed by atoms with Crippen LogP contribution in [0.15, 0.2) is 18.2 Å². The minimum atomic E-state index is -0.366. The van der Waals surface area contributed by atoms with Crippen molar-refractivity contribution in [2.24, 2.45) is 0 Å². The van der Waals surface area contributed by atoms with Crippen molar-refractivity contribution in [3.05, 3.63) is 35.4 Å². The highest BCUT2D eigenvalue weighted by molar-refractivity contribution is 5.85. The van der Waals surface area contributed by atoms with Crippen LogP contribution in [0.25, 0.3) is 0 Å². The Labute approximate surface area is 125 Å². The summed E-state index contributed by atoms with van der Waals surface area (Å²) in [5.74, 6) is -0.674. The summed E-state index contributed by atoms with van der Waals surface area (Å²) < 4.78 is 27.0. The Balaban J connectivity index is 0.00000162. The van der Waals surface area contributed by atoms with Gasteiger partial charge in [0.05, 0.1) is 0 Å². The van der Waals surface area contributed by atoms with Gasteiger partial charge in [0, 0.05) is 37.8 Å². The summed E-state index contributed by atoms with van der Waals surface area (Å²) in [5.41, 5.74) is 0.481. The highest BCUT2D eigenvalue weighted by Gasteiger charge is 2.23. The van der Waals surface area contributed by atoms with E-state index in [1.807, 2.05) is 6.92 Å². The number of hydrogen-bond acceptors (Lipinski definition) is 2. The number of rotatable bonds is 3. The van der Waals surface area contributed by atoms with Crippen molar-refractivity contribution in [1.29, 1.82) is 0 Å². The molecule has 1 aromatic carbocycles. The third kappa shape index (κ3) is 4.56. The lowest BCUT2D eigenvalue weighted by Gasteiger charge is -2.34. The summed E-state index contributed by atoms with van der Waals surface area (Å²) >= 11 is 0. The minimum absolute atomic E-state index is 0. The van der Waals surface area contributed by atoms with E-state index in [4.69, 9.17) is 0 Å². The van der Waals surface area contributed by atoms with Gasteiger partial charge >= 0.3 is 0 Å². The Morgan fingerprint density at radius 1 is 1.21 bits per heavy atom. The molecular weight excluding hydrogens is 293 g/mol. The molecule has 6 heteroatoms. The summed E-state index contributed by atoms with van der Waals surface area (Å²) in [6.45, 7) is 5.60. The SMILES string of the molecule is CC[C@@H](c1cc(F)ccc1F)N1CCNCC1.Cl.Cl. The number of benzene rings is 1. The van der Waals surface area contributed by atoms with Gasteiger partial charge in [-0.25, -0.2) is 8.78 Å². The summed E-state index contributed by atoms with van der Waals surface area (Å²) in [5, 5.41) is 3.26. The van der Waals surface area contributed by atoms with Gasteiger partial charge in [0.25, 0.3) is 0 Å². The second kappa shape index (κ2) is 8.69.